The van der Waals surface area contributed by atoms with Crippen molar-refractivity contribution in [3.63, 3.8) is 0 Å². The maximum Gasteiger partial charge on any atom is 0.116 e. The predicted octanol–water partition coefficient (Wildman–Crippen LogP) is 4.68. The summed E-state index contributed by atoms with van der Waals surface area (Å²) in [6.07, 6.45) is 7.51. The van der Waals surface area contributed by atoms with Crippen LogP contribution in [0.4, 0.5) is 0 Å². The maximum atomic E-state index is 9.77. The summed E-state index contributed by atoms with van der Waals surface area (Å²) in [5, 5.41) is 9.77. The molecular formula is C20H22ClNO. The second-order valence-electron chi connectivity index (χ2n) is 5.90. The lowest BCUT2D eigenvalue weighted by Crippen LogP contribution is -2.12. The molecule has 23 heavy (non-hydrogen) atoms. The minimum absolute atomic E-state index is 0. The van der Waals surface area contributed by atoms with Crippen molar-refractivity contribution in [1.82, 2.24) is 4.90 Å². The van der Waals surface area contributed by atoms with Crippen LogP contribution in [0.1, 0.15) is 28.7 Å². The summed E-state index contributed by atoms with van der Waals surface area (Å²) < 4.78 is 0. The Kier molecular flexibility index (Phi) is 5.64. The van der Waals surface area contributed by atoms with E-state index in [2.05, 4.69) is 61.5 Å². The molecule has 2 aromatic rings. The van der Waals surface area contributed by atoms with Gasteiger partial charge in [0.2, 0.25) is 0 Å². The molecule has 0 atom stereocenters. The fraction of sp³-hybridized carbons (Fsp3) is 0.200. The van der Waals surface area contributed by atoms with Crippen LogP contribution in [0.5, 0.6) is 5.75 Å². The van der Waals surface area contributed by atoms with E-state index in [4.69, 9.17) is 0 Å². The summed E-state index contributed by atoms with van der Waals surface area (Å²) in [4.78, 5) is 2.19. The highest BCUT2D eigenvalue weighted by molar-refractivity contribution is 5.93. The normalized spacial score (nSPS) is 14.1. The van der Waals surface area contributed by atoms with Crippen molar-refractivity contribution in [2.45, 2.75) is 6.42 Å². The van der Waals surface area contributed by atoms with Gasteiger partial charge >= 0.3 is 0 Å². The first-order valence-electron chi connectivity index (χ1n) is 7.61. The smallest absolute Gasteiger partial charge is 0.116 e. The van der Waals surface area contributed by atoms with Gasteiger partial charge in [0, 0.05) is 6.54 Å². The number of phenolic OH excluding ortho intramolecular Hbond substituents is 1. The molecule has 0 amide bonds. The second-order valence-corrected chi connectivity index (χ2v) is 5.90. The van der Waals surface area contributed by atoms with Gasteiger partial charge in [-0.05, 0) is 60.5 Å². The molecule has 0 fully saturated rings. The number of phenols is 1. The molecule has 1 N–H and O–H groups in total. The molecule has 120 valence electrons. The molecule has 3 heteroatoms. The molecule has 1 aliphatic rings. The molecule has 0 aromatic heterocycles. The third kappa shape index (κ3) is 3.84. The zero-order valence-corrected chi connectivity index (χ0v) is 14.3. The highest BCUT2D eigenvalue weighted by Crippen LogP contribution is 2.35. The van der Waals surface area contributed by atoms with E-state index < -0.39 is 0 Å². The number of benzene rings is 2. The average Bonchev–Trinajstić information content (AvgIpc) is 2.64. The van der Waals surface area contributed by atoms with Crippen molar-refractivity contribution in [1.29, 1.82) is 0 Å². The van der Waals surface area contributed by atoms with Crippen LogP contribution >= 0.6 is 12.4 Å². The van der Waals surface area contributed by atoms with Crippen LogP contribution in [0, 0.1) is 0 Å². The Morgan fingerprint density at radius 3 is 2.43 bits per heavy atom. The summed E-state index contributed by atoms with van der Waals surface area (Å²) in [7, 11) is 4.18. The lowest BCUT2D eigenvalue weighted by molar-refractivity contribution is 0.417. The molecular weight excluding hydrogens is 306 g/mol. The Morgan fingerprint density at radius 2 is 1.65 bits per heavy atom. The number of halogens is 1. The van der Waals surface area contributed by atoms with Gasteiger partial charge in [-0.3, -0.25) is 0 Å². The van der Waals surface area contributed by atoms with Gasteiger partial charge in [0.25, 0.3) is 0 Å². The highest BCUT2D eigenvalue weighted by atomic mass is 35.5. The van der Waals surface area contributed by atoms with Crippen LogP contribution in [0.3, 0.4) is 0 Å². The summed E-state index contributed by atoms with van der Waals surface area (Å²) in [5.41, 5.74) is 5.96. The van der Waals surface area contributed by atoms with Crippen molar-refractivity contribution < 1.29 is 5.11 Å². The number of fused-ring (bicyclic) bond motifs is 2. The quantitative estimate of drug-likeness (QED) is 0.755. The first-order chi connectivity index (χ1) is 10.6. The van der Waals surface area contributed by atoms with E-state index >= 15 is 0 Å². The molecule has 0 aliphatic heterocycles. The van der Waals surface area contributed by atoms with Crippen LogP contribution in [0.2, 0.25) is 0 Å². The fourth-order valence-electron chi connectivity index (χ4n) is 2.83. The van der Waals surface area contributed by atoms with Gasteiger partial charge in [-0.1, -0.05) is 48.6 Å². The number of nitrogens with zero attached hydrogens (tertiary/aromatic N) is 1. The number of hydrogen-bond donors (Lipinski definition) is 1. The second kappa shape index (κ2) is 7.49. The summed E-state index contributed by atoms with van der Waals surface area (Å²) in [6, 6.07) is 14.1. The fourth-order valence-corrected chi connectivity index (χ4v) is 2.83. The van der Waals surface area contributed by atoms with E-state index in [-0.39, 0.29) is 12.4 Å². The SMILES string of the molecule is CN(C)CCC=C1c2ccccc2C=Cc2cc(O)ccc21.Cl. The van der Waals surface area contributed by atoms with E-state index in [1.165, 1.54) is 22.3 Å². The standard InChI is InChI=1S/C20H21NO.ClH/c1-21(2)13-5-8-20-18-7-4-3-6-15(18)9-10-16-14-17(22)11-12-19(16)20;/h3-4,6-12,14,22H,5,13H2,1-2H3;1H. The Hall–Kier alpha value is -2.03. The molecule has 1 aliphatic carbocycles. The lowest BCUT2D eigenvalue weighted by atomic mass is 9.92. The van der Waals surface area contributed by atoms with Gasteiger partial charge in [0.1, 0.15) is 5.75 Å². The van der Waals surface area contributed by atoms with Crippen molar-refractivity contribution in [3.05, 3.63) is 70.8 Å². The summed E-state index contributed by atoms with van der Waals surface area (Å²) in [6.45, 7) is 1.02. The highest BCUT2D eigenvalue weighted by Gasteiger charge is 2.14. The van der Waals surface area contributed by atoms with Crippen LogP contribution in [0.15, 0.2) is 48.5 Å². The van der Waals surface area contributed by atoms with E-state index in [1.807, 2.05) is 12.1 Å². The van der Waals surface area contributed by atoms with Crippen molar-refractivity contribution in [2.24, 2.45) is 0 Å². The topological polar surface area (TPSA) is 23.5 Å². The van der Waals surface area contributed by atoms with Gasteiger partial charge in [-0.25, -0.2) is 0 Å². The summed E-state index contributed by atoms with van der Waals surface area (Å²) in [5.74, 6) is 0.307. The van der Waals surface area contributed by atoms with E-state index in [9.17, 15) is 5.11 Å². The monoisotopic (exact) mass is 327 g/mol. The minimum atomic E-state index is 0. The van der Waals surface area contributed by atoms with Crippen LogP contribution in [-0.4, -0.2) is 30.6 Å². The van der Waals surface area contributed by atoms with Gasteiger partial charge in [-0.15, -0.1) is 12.4 Å². The number of hydrogen-bond acceptors (Lipinski definition) is 2. The molecule has 0 bridgehead atoms. The Bertz CT molecular complexity index is 747. The zero-order chi connectivity index (χ0) is 15.5. The molecule has 0 saturated heterocycles. The molecule has 2 nitrogen and oxygen atoms in total. The number of aromatic hydroxyl groups is 1. The van der Waals surface area contributed by atoms with E-state index in [0.717, 1.165) is 18.5 Å². The van der Waals surface area contributed by atoms with E-state index in [1.54, 1.807) is 6.07 Å². The molecule has 3 rings (SSSR count). The Balaban J connectivity index is 0.00000192. The zero-order valence-electron chi connectivity index (χ0n) is 13.5. The third-order valence-electron chi connectivity index (χ3n) is 3.94. The molecule has 0 spiro atoms. The minimum Gasteiger partial charge on any atom is -0.508 e. The molecule has 2 aromatic carbocycles. The van der Waals surface area contributed by atoms with Gasteiger partial charge < -0.3 is 10.0 Å². The van der Waals surface area contributed by atoms with Crippen molar-refractivity contribution in [3.8, 4) is 5.75 Å². The first kappa shape index (κ1) is 17.3. The lowest BCUT2D eigenvalue weighted by Gasteiger charge is -2.13. The van der Waals surface area contributed by atoms with Crippen LogP contribution in [-0.2, 0) is 0 Å². The van der Waals surface area contributed by atoms with Crippen LogP contribution < -0.4 is 0 Å². The Morgan fingerprint density at radius 1 is 0.957 bits per heavy atom. The number of rotatable bonds is 3. The summed E-state index contributed by atoms with van der Waals surface area (Å²) >= 11 is 0. The largest absolute Gasteiger partial charge is 0.508 e. The van der Waals surface area contributed by atoms with Gasteiger partial charge in [0.15, 0.2) is 0 Å². The van der Waals surface area contributed by atoms with E-state index in [0.29, 0.717) is 5.75 Å². The molecule has 0 heterocycles. The Labute approximate surface area is 144 Å². The van der Waals surface area contributed by atoms with Crippen molar-refractivity contribution >= 4 is 30.1 Å². The molecule has 0 radical (unpaired) electrons. The molecule has 0 unspecified atom stereocenters. The van der Waals surface area contributed by atoms with Gasteiger partial charge in [0.05, 0.1) is 0 Å². The maximum absolute atomic E-state index is 9.77. The predicted molar refractivity (Wildman–Crippen MR) is 101 cm³/mol. The average molecular weight is 328 g/mol. The van der Waals surface area contributed by atoms with Crippen molar-refractivity contribution in [2.75, 3.05) is 20.6 Å². The molecule has 0 saturated carbocycles. The first-order valence-corrected chi connectivity index (χ1v) is 7.61. The van der Waals surface area contributed by atoms with Gasteiger partial charge in [-0.2, -0.15) is 0 Å². The third-order valence-corrected chi connectivity index (χ3v) is 3.94. The van der Waals surface area contributed by atoms with Crippen LogP contribution in [0.25, 0.3) is 17.7 Å².